The molecule has 1 aliphatic carbocycles. The van der Waals surface area contributed by atoms with Crippen LogP contribution in [0.15, 0.2) is 57.7 Å². The lowest BCUT2D eigenvalue weighted by molar-refractivity contribution is -0.118. The van der Waals surface area contributed by atoms with Gasteiger partial charge in [0, 0.05) is 23.8 Å². The maximum absolute atomic E-state index is 13.4. The van der Waals surface area contributed by atoms with Crippen LogP contribution in [0.3, 0.4) is 0 Å². The molecule has 31 heavy (non-hydrogen) atoms. The van der Waals surface area contributed by atoms with Crippen LogP contribution in [-0.4, -0.2) is 20.0 Å². The van der Waals surface area contributed by atoms with Crippen LogP contribution >= 0.6 is 11.3 Å². The van der Waals surface area contributed by atoms with E-state index in [4.69, 9.17) is 15.2 Å². The van der Waals surface area contributed by atoms with Gasteiger partial charge in [0.15, 0.2) is 5.78 Å². The van der Waals surface area contributed by atoms with Gasteiger partial charge in [0.05, 0.1) is 37.5 Å². The van der Waals surface area contributed by atoms with E-state index in [1.54, 1.807) is 31.6 Å². The number of rotatable bonds is 4. The highest BCUT2D eigenvalue weighted by molar-refractivity contribution is 7.08. The topological polar surface area (TPSA) is 88.6 Å². The number of allylic oxidation sites excluding steroid dienone is 3. The van der Waals surface area contributed by atoms with Crippen molar-refractivity contribution in [3.8, 4) is 17.6 Å². The van der Waals surface area contributed by atoms with Gasteiger partial charge in [0.2, 0.25) is 0 Å². The van der Waals surface area contributed by atoms with Crippen molar-refractivity contribution in [1.82, 2.24) is 0 Å². The van der Waals surface area contributed by atoms with Crippen molar-refractivity contribution in [3.63, 3.8) is 0 Å². The first-order valence-electron chi connectivity index (χ1n) is 10.0. The fourth-order valence-electron chi connectivity index (χ4n) is 4.53. The number of anilines is 1. The minimum atomic E-state index is -0.449. The second kappa shape index (κ2) is 7.78. The molecule has 0 amide bonds. The number of benzene rings is 1. The second-order valence-corrected chi connectivity index (χ2v) is 9.35. The molecule has 1 aliphatic heterocycles. The summed E-state index contributed by atoms with van der Waals surface area (Å²) in [7, 11) is 3.17. The number of ketones is 1. The van der Waals surface area contributed by atoms with E-state index in [2.05, 4.69) is 19.9 Å². The number of carbonyl (C=O) groups excluding carboxylic acids is 1. The summed E-state index contributed by atoms with van der Waals surface area (Å²) in [6.07, 6.45) is 1.09. The van der Waals surface area contributed by atoms with Gasteiger partial charge in [-0.05, 0) is 46.4 Å². The van der Waals surface area contributed by atoms with E-state index >= 15 is 0 Å². The van der Waals surface area contributed by atoms with Gasteiger partial charge in [-0.1, -0.05) is 13.8 Å². The van der Waals surface area contributed by atoms with Crippen molar-refractivity contribution >= 4 is 22.8 Å². The first-order valence-corrected chi connectivity index (χ1v) is 11.0. The molecule has 6 nitrogen and oxygen atoms in total. The van der Waals surface area contributed by atoms with Crippen LogP contribution in [0.2, 0.25) is 0 Å². The van der Waals surface area contributed by atoms with Crippen LogP contribution in [0.5, 0.6) is 11.5 Å². The maximum Gasteiger partial charge on any atom is 0.162 e. The molecule has 0 spiro atoms. The van der Waals surface area contributed by atoms with E-state index in [1.165, 1.54) is 0 Å². The van der Waals surface area contributed by atoms with Crippen LogP contribution in [0.25, 0.3) is 0 Å². The van der Waals surface area contributed by atoms with Crippen molar-refractivity contribution in [2.24, 2.45) is 11.1 Å². The molecule has 0 radical (unpaired) electrons. The molecule has 2 N–H and O–H groups in total. The van der Waals surface area contributed by atoms with Gasteiger partial charge in [0.25, 0.3) is 0 Å². The average molecular weight is 436 g/mol. The zero-order valence-corrected chi connectivity index (χ0v) is 18.9. The number of nitriles is 1. The zero-order chi connectivity index (χ0) is 22.3. The second-order valence-electron chi connectivity index (χ2n) is 8.57. The summed E-state index contributed by atoms with van der Waals surface area (Å²) in [5.41, 5.74) is 9.89. The molecular formula is C24H25N3O3S. The fraction of sp³-hybridized carbons (Fsp3) is 0.333. The lowest BCUT2D eigenvalue weighted by atomic mass is 9.69. The van der Waals surface area contributed by atoms with Crippen LogP contribution in [0, 0.1) is 16.7 Å². The van der Waals surface area contributed by atoms with E-state index in [0.717, 1.165) is 11.3 Å². The standard InChI is InChI=1S/C24H25N3O3S/c1-24(2)10-18-22(19(28)11-24)21(14-7-8-31-13-14)16(12-25)23(26)27(18)17-6-5-15(29-3)9-20(17)30-4/h5-9,13,21H,10-11,26H2,1-4H3/t21-/m1/s1. The highest BCUT2D eigenvalue weighted by atomic mass is 32.1. The molecule has 0 saturated heterocycles. The minimum absolute atomic E-state index is 0.0557. The Bertz CT molecular complexity index is 1140. The van der Waals surface area contributed by atoms with Crippen molar-refractivity contribution in [2.75, 3.05) is 19.1 Å². The first kappa shape index (κ1) is 21.0. The SMILES string of the molecule is COc1ccc(N2C(N)=C(C#N)[C@@H](c3ccsc3)C3=C2CC(C)(C)CC3=O)c(OC)c1. The average Bonchev–Trinajstić information content (AvgIpc) is 3.26. The number of hydrogen-bond acceptors (Lipinski definition) is 7. The van der Waals surface area contributed by atoms with Gasteiger partial charge in [0.1, 0.15) is 17.3 Å². The van der Waals surface area contributed by atoms with Crippen LogP contribution in [-0.2, 0) is 4.79 Å². The molecule has 0 fully saturated rings. The van der Waals surface area contributed by atoms with Crippen LogP contribution in [0.1, 0.15) is 38.2 Å². The van der Waals surface area contributed by atoms with E-state index in [1.807, 2.05) is 33.9 Å². The molecule has 2 aliphatic rings. The third-order valence-electron chi connectivity index (χ3n) is 5.89. The summed E-state index contributed by atoms with van der Waals surface area (Å²) >= 11 is 1.54. The maximum atomic E-state index is 13.4. The first-order chi connectivity index (χ1) is 14.8. The van der Waals surface area contributed by atoms with Gasteiger partial charge in [-0.2, -0.15) is 16.6 Å². The van der Waals surface area contributed by atoms with Crippen molar-refractivity contribution in [2.45, 2.75) is 32.6 Å². The number of nitrogens with two attached hydrogens (primary N) is 1. The summed E-state index contributed by atoms with van der Waals surface area (Å²) in [6.45, 7) is 4.16. The Morgan fingerprint density at radius 2 is 2.00 bits per heavy atom. The quantitative estimate of drug-likeness (QED) is 0.748. The molecule has 4 rings (SSSR count). The van der Waals surface area contributed by atoms with Gasteiger partial charge < -0.3 is 15.2 Å². The minimum Gasteiger partial charge on any atom is -0.497 e. The van der Waals surface area contributed by atoms with Gasteiger partial charge in [-0.25, -0.2) is 0 Å². The van der Waals surface area contributed by atoms with Gasteiger partial charge in [-0.15, -0.1) is 0 Å². The highest BCUT2D eigenvalue weighted by Crippen LogP contribution is 2.51. The molecule has 1 aromatic carbocycles. The summed E-state index contributed by atoms with van der Waals surface area (Å²) < 4.78 is 11.0. The molecule has 0 unspecified atom stereocenters. The highest BCUT2D eigenvalue weighted by Gasteiger charge is 2.45. The number of nitrogens with zero attached hydrogens (tertiary/aromatic N) is 2. The van der Waals surface area contributed by atoms with Crippen LogP contribution < -0.4 is 20.1 Å². The normalized spacial score (nSPS) is 20.4. The Labute approximate surface area is 186 Å². The molecule has 2 heterocycles. The predicted molar refractivity (Wildman–Crippen MR) is 121 cm³/mol. The van der Waals surface area contributed by atoms with E-state index in [9.17, 15) is 10.1 Å². The monoisotopic (exact) mass is 435 g/mol. The number of carbonyl (C=O) groups is 1. The fourth-order valence-corrected chi connectivity index (χ4v) is 5.21. The summed E-state index contributed by atoms with van der Waals surface area (Å²) in [5.74, 6) is 1.13. The predicted octanol–water partition coefficient (Wildman–Crippen LogP) is 4.71. The number of ether oxygens (including phenoxy) is 2. The summed E-state index contributed by atoms with van der Waals surface area (Å²) in [5, 5.41) is 14.0. The molecule has 7 heteroatoms. The Hall–Kier alpha value is -3.24. The van der Waals surface area contributed by atoms with Crippen molar-refractivity contribution in [3.05, 3.63) is 63.3 Å². The Morgan fingerprint density at radius 3 is 2.61 bits per heavy atom. The number of methoxy groups -OCH3 is 2. The Kier molecular flexibility index (Phi) is 5.28. The van der Waals surface area contributed by atoms with Gasteiger partial charge >= 0.3 is 0 Å². The number of thiophene rings is 1. The third-order valence-corrected chi connectivity index (χ3v) is 6.59. The lowest BCUT2D eigenvalue weighted by Gasteiger charge is -2.43. The summed E-state index contributed by atoms with van der Waals surface area (Å²) in [4.78, 5) is 15.3. The van der Waals surface area contributed by atoms with Crippen molar-refractivity contribution < 1.29 is 14.3 Å². The number of hydrogen-bond donors (Lipinski definition) is 1. The van der Waals surface area contributed by atoms with Crippen molar-refractivity contribution in [1.29, 1.82) is 5.26 Å². The van der Waals surface area contributed by atoms with E-state index in [-0.39, 0.29) is 11.2 Å². The van der Waals surface area contributed by atoms with E-state index in [0.29, 0.717) is 47.0 Å². The molecule has 2 aromatic rings. The van der Waals surface area contributed by atoms with Gasteiger partial charge in [-0.3, -0.25) is 9.69 Å². The smallest absolute Gasteiger partial charge is 0.162 e. The molecule has 0 bridgehead atoms. The molecule has 160 valence electrons. The Morgan fingerprint density at radius 1 is 1.23 bits per heavy atom. The zero-order valence-electron chi connectivity index (χ0n) is 18.1. The van der Waals surface area contributed by atoms with E-state index < -0.39 is 5.92 Å². The molecule has 0 saturated carbocycles. The molecule has 1 atom stereocenters. The number of Topliss-reactive ketones (excluding diaryl/α,β-unsaturated/α-hetero) is 1. The lowest BCUT2D eigenvalue weighted by Crippen LogP contribution is -2.42. The largest absolute Gasteiger partial charge is 0.497 e. The summed E-state index contributed by atoms with van der Waals surface area (Å²) in [6, 6.07) is 9.69. The molecular weight excluding hydrogens is 410 g/mol. The van der Waals surface area contributed by atoms with Crippen LogP contribution in [0.4, 0.5) is 5.69 Å². The third kappa shape index (κ3) is 3.47. The Balaban J connectivity index is 2.01. The molecule has 1 aromatic heterocycles.